The molecule has 8 aromatic carbocycles. The van der Waals surface area contributed by atoms with E-state index in [4.69, 9.17) is 27.9 Å². The molecular weight excluding hydrogens is 701 g/mol. The fourth-order valence-electron chi connectivity index (χ4n) is 7.58. The summed E-state index contributed by atoms with van der Waals surface area (Å²) in [5.74, 6) is -0.0229. The maximum atomic E-state index is 9.84. The number of fused-ring (bicyclic) bond motifs is 9. The Morgan fingerprint density at radius 1 is 0.404 bits per heavy atom. The second kappa shape index (κ2) is 12.3. The van der Waals surface area contributed by atoms with Gasteiger partial charge in [-0.25, -0.2) is 4.98 Å². The highest BCUT2D eigenvalue weighted by Gasteiger charge is 2.21. The van der Waals surface area contributed by atoms with E-state index in [1.807, 2.05) is 60.7 Å². The summed E-state index contributed by atoms with van der Waals surface area (Å²) < 4.78 is 107. The summed E-state index contributed by atoms with van der Waals surface area (Å²) in [7, 11) is 0. The lowest BCUT2D eigenvalue weighted by molar-refractivity contribution is 0.668. The number of furan rings is 2. The van der Waals surface area contributed by atoms with Crippen LogP contribution >= 0.6 is 0 Å². The highest BCUT2D eigenvalue weighted by molar-refractivity contribution is 6.17. The third-order valence-electron chi connectivity index (χ3n) is 10.2. The zero-order chi connectivity index (χ0) is 46.2. The van der Waals surface area contributed by atoms with Crippen LogP contribution in [0.15, 0.2) is 191 Å². The molecule has 6 nitrogen and oxygen atoms in total. The Kier molecular flexibility index (Phi) is 5.02. The van der Waals surface area contributed by atoms with Crippen molar-refractivity contribution < 1.29 is 22.5 Å². The molecule has 0 spiro atoms. The second-order valence-corrected chi connectivity index (χ2v) is 13.6. The number of hydrogen-bond donors (Lipinski definition) is 0. The Morgan fingerprint density at radius 2 is 1.07 bits per heavy atom. The molecule has 0 bridgehead atoms. The molecule has 0 N–H and O–H groups in total. The van der Waals surface area contributed by atoms with E-state index in [0.717, 1.165) is 16.5 Å². The van der Waals surface area contributed by atoms with Crippen molar-refractivity contribution in [2.45, 2.75) is 0 Å². The van der Waals surface area contributed by atoms with Gasteiger partial charge in [-0.1, -0.05) is 133 Å². The molecule has 12 aromatic rings. The van der Waals surface area contributed by atoms with Crippen LogP contribution in [0.25, 0.3) is 117 Å². The smallest absolute Gasteiger partial charge is 0.238 e. The number of hydrogen-bond acceptors (Lipinski definition) is 5. The molecule has 0 atom stereocenters. The van der Waals surface area contributed by atoms with E-state index in [0.29, 0.717) is 27.7 Å². The van der Waals surface area contributed by atoms with Crippen LogP contribution in [0.1, 0.15) is 13.7 Å². The number of aromatic nitrogens is 4. The molecule has 0 aliphatic rings. The fraction of sp³-hybridized carbons (Fsp3) is 0. The van der Waals surface area contributed by atoms with Gasteiger partial charge in [0, 0.05) is 49.5 Å². The molecular formula is C51H30N4O2. The van der Waals surface area contributed by atoms with Gasteiger partial charge in [0.2, 0.25) is 5.95 Å². The van der Waals surface area contributed by atoms with Crippen LogP contribution in [0, 0.1) is 0 Å². The highest BCUT2D eigenvalue weighted by Crippen LogP contribution is 2.41. The summed E-state index contributed by atoms with van der Waals surface area (Å²) in [6.45, 7) is 0. The zero-order valence-corrected chi connectivity index (χ0v) is 29.7. The van der Waals surface area contributed by atoms with E-state index >= 15 is 0 Å². The van der Waals surface area contributed by atoms with Gasteiger partial charge in [0.1, 0.15) is 22.3 Å². The maximum Gasteiger partial charge on any atom is 0.238 e. The molecule has 266 valence electrons. The lowest BCUT2D eigenvalue weighted by Crippen LogP contribution is -2.06. The molecule has 4 aromatic heterocycles. The van der Waals surface area contributed by atoms with E-state index in [-0.39, 0.29) is 109 Å². The number of benzene rings is 8. The lowest BCUT2D eigenvalue weighted by Gasteiger charge is -2.11. The van der Waals surface area contributed by atoms with Crippen LogP contribution in [0.2, 0.25) is 0 Å². The maximum absolute atomic E-state index is 9.84. The number of para-hydroxylation sites is 1. The van der Waals surface area contributed by atoms with E-state index < -0.39 is 24.2 Å². The standard InChI is InChI=1S/C51H30N4O2/c1-4-13-31(14-5-1)34-23-25-38-41-29-40-37-19-10-11-21-42(37)55(43(40)30-47(41)57-45(38)27-34)51-53-49(33-17-8-3-9-18-33)52-50(54-51)35-24-26-39-46(28-35)56-44-22-12-20-36(48(39)44)32-15-6-2-7-16-32/h1-30H/i10D,11D,19D,21D,23D,25D,27D,28D,29D,30D. The van der Waals surface area contributed by atoms with Gasteiger partial charge >= 0.3 is 0 Å². The minimum atomic E-state index is -0.579. The average Bonchev–Trinajstić information content (AvgIpc) is 4.07. The minimum Gasteiger partial charge on any atom is -0.456 e. The molecule has 4 heterocycles. The first-order valence-electron chi connectivity index (χ1n) is 23.2. The van der Waals surface area contributed by atoms with Crippen molar-refractivity contribution in [2.75, 3.05) is 0 Å². The fourth-order valence-corrected chi connectivity index (χ4v) is 7.58. The molecule has 57 heavy (non-hydrogen) atoms. The monoisotopic (exact) mass is 740 g/mol. The van der Waals surface area contributed by atoms with Crippen molar-refractivity contribution in [2.24, 2.45) is 0 Å². The van der Waals surface area contributed by atoms with Crippen molar-refractivity contribution >= 4 is 65.7 Å². The Labute approximate surface area is 340 Å². The van der Waals surface area contributed by atoms with Crippen molar-refractivity contribution in [3.05, 3.63) is 182 Å². The van der Waals surface area contributed by atoms with Crippen LogP contribution in [-0.4, -0.2) is 19.5 Å². The average molecular weight is 741 g/mol. The summed E-state index contributed by atoms with van der Waals surface area (Å²) in [5, 5.41) is 1.26. The van der Waals surface area contributed by atoms with E-state index in [9.17, 15) is 9.60 Å². The summed E-state index contributed by atoms with van der Waals surface area (Å²) in [6.07, 6.45) is 0. The summed E-state index contributed by atoms with van der Waals surface area (Å²) >= 11 is 0. The van der Waals surface area contributed by atoms with Crippen LogP contribution < -0.4 is 0 Å². The van der Waals surface area contributed by atoms with Gasteiger partial charge in [-0.15, -0.1) is 0 Å². The van der Waals surface area contributed by atoms with Gasteiger partial charge in [-0.2, -0.15) is 9.97 Å². The molecule has 0 fully saturated rings. The molecule has 0 radical (unpaired) electrons. The number of nitrogens with zero attached hydrogens (tertiary/aromatic N) is 4. The van der Waals surface area contributed by atoms with Gasteiger partial charge in [0.25, 0.3) is 0 Å². The van der Waals surface area contributed by atoms with Gasteiger partial charge in [0.15, 0.2) is 11.6 Å². The molecule has 0 amide bonds. The molecule has 0 saturated heterocycles. The molecule has 0 saturated carbocycles. The summed E-state index contributed by atoms with van der Waals surface area (Å²) in [4.78, 5) is 14.7. The predicted molar refractivity (Wildman–Crippen MR) is 230 cm³/mol. The summed E-state index contributed by atoms with van der Waals surface area (Å²) in [5.41, 5.74) is 3.69. The highest BCUT2D eigenvalue weighted by atomic mass is 16.3. The van der Waals surface area contributed by atoms with E-state index in [1.54, 1.807) is 60.7 Å². The van der Waals surface area contributed by atoms with Gasteiger partial charge < -0.3 is 8.83 Å². The Morgan fingerprint density at radius 3 is 1.88 bits per heavy atom. The van der Waals surface area contributed by atoms with Crippen molar-refractivity contribution in [3.63, 3.8) is 0 Å². The van der Waals surface area contributed by atoms with Crippen molar-refractivity contribution in [1.29, 1.82) is 0 Å². The first-order chi connectivity index (χ1) is 32.4. The van der Waals surface area contributed by atoms with Crippen LogP contribution in [0.4, 0.5) is 0 Å². The first-order valence-corrected chi connectivity index (χ1v) is 18.2. The van der Waals surface area contributed by atoms with Gasteiger partial charge in [-0.05, 0) is 64.6 Å². The summed E-state index contributed by atoms with van der Waals surface area (Å²) in [6, 6.07) is 33.2. The molecule has 0 aliphatic heterocycles. The van der Waals surface area contributed by atoms with Crippen LogP contribution in [0.5, 0.6) is 0 Å². The first kappa shape index (κ1) is 23.2. The SMILES string of the molecule is [2H]c1c(-c2ccccc2)c([2H])c2oc3c([2H])c4c(c([2H])c3c2c1[2H])c1c([2H])c([2H])c([2H])c([2H])c1n4-c1nc(-c2ccccc2)nc(-c2ccc3c(oc4cccc(-c5ccccc5)c43)c2[2H])n1. The van der Waals surface area contributed by atoms with Crippen LogP contribution in [0.3, 0.4) is 0 Å². The number of rotatable bonds is 5. The topological polar surface area (TPSA) is 69.9 Å². The van der Waals surface area contributed by atoms with E-state index in [1.165, 1.54) is 4.57 Å². The largest absolute Gasteiger partial charge is 0.456 e. The predicted octanol–water partition coefficient (Wildman–Crippen LogP) is 13.4. The Hall–Kier alpha value is -7.83. The van der Waals surface area contributed by atoms with Gasteiger partial charge in [-0.3, -0.25) is 4.57 Å². The molecule has 0 unspecified atom stereocenters. The molecule has 0 aliphatic carbocycles. The third-order valence-corrected chi connectivity index (χ3v) is 10.2. The normalized spacial score (nSPS) is 14.3. The minimum absolute atomic E-state index is 0.0203. The second-order valence-electron chi connectivity index (χ2n) is 13.6. The lowest BCUT2D eigenvalue weighted by atomic mass is 9.99. The van der Waals surface area contributed by atoms with Gasteiger partial charge in [0.05, 0.1) is 24.7 Å². The Bertz CT molecular complexity index is 4100. The van der Waals surface area contributed by atoms with Crippen LogP contribution in [-0.2, 0) is 0 Å². The quantitative estimate of drug-likeness (QED) is 0.176. The Balaban J connectivity index is 1.19. The van der Waals surface area contributed by atoms with Crippen molar-refractivity contribution in [1.82, 2.24) is 19.5 Å². The van der Waals surface area contributed by atoms with Crippen molar-refractivity contribution in [3.8, 4) is 51.0 Å². The van der Waals surface area contributed by atoms with E-state index in [2.05, 4.69) is 0 Å². The molecule has 6 heteroatoms. The molecule has 12 rings (SSSR count). The zero-order valence-electron chi connectivity index (χ0n) is 39.7. The third kappa shape index (κ3) is 5.01.